The van der Waals surface area contributed by atoms with Crippen molar-refractivity contribution < 1.29 is 4.79 Å². The third-order valence-corrected chi connectivity index (χ3v) is 3.11. The molecule has 2 heterocycles. The lowest BCUT2D eigenvalue weighted by atomic mass is 10.0. The lowest BCUT2D eigenvalue weighted by Gasteiger charge is -2.28. The van der Waals surface area contributed by atoms with Crippen LogP contribution in [0.1, 0.15) is 27.7 Å². The number of carbonyl (C=O) groups excluding carboxylic acids is 1. The van der Waals surface area contributed by atoms with Crippen molar-refractivity contribution in [2.45, 2.75) is 13.1 Å². The van der Waals surface area contributed by atoms with Gasteiger partial charge in [0, 0.05) is 6.20 Å². The summed E-state index contributed by atoms with van der Waals surface area (Å²) in [6.07, 6.45) is 1.46. The van der Waals surface area contributed by atoms with Crippen molar-refractivity contribution in [3.8, 4) is 0 Å². The molecule has 1 aromatic carbocycles. The Bertz CT molecular complexity index is 609. The Balaban J connectivity index is 2.00. The van der Waals surface area contributed by atoms with Gasteiger partial charge >= 0.3 is 0 Å². The lowest BCUT2D eigenvalue weighted by molar-refractivity contribution is 0.0935. The van der Waals surface area contributed by atoms with Crippen LogP contribution in [0.25, 0.3) is 0 Å². The first-order valence-corrected chi connectivity index (χ1v) is 5.83. The number of rotatable bonds is 1. The maximum Gasteiger partial charge on any atom is 0.256 e. The van der Waals surface area contributed by atoms with Gasteiger partial charge in [0.05, 0.1) is 5.56 Å². The van der Waals surface area contributed by atoms with Crippen LogP contribution in [0.3, 0.4) is 0 Å². The summed E-state index contributed by atoms with van der Waals surface area (Å²) in [6.45, 7) is 2.02. The smallest absolute Gasteiger partial charge is 0.256 e. The lowest BCUT2D eigenvalue weighted by Crippen LogP contribution is -2.39. The zero-order valence-corrected chi connectivity index (χ0v) is 9.97. The molecule has 90 valence electrons. The van der Waals surface area contributed by atoms with Gasteiger partial charge < -0.3 is 10.6 Å². The summed E-state index contributed by atoms with van der Waals surface area (Å²) in [6, 6.07) is 11.5. The van der Waals surface area contributed by atoms with Gasteiger partial charge in [0.2, 0.25) is 0 Å². The highest BCUT2D eigenvalue weighted by atomic mass is 16.2. The highest BCUT2D eigenvalue weighted by Crippen LogP contribution is 2.25. The predicted octanol–water partition coefficient (Wildman–Crippen LogP) is 2.24. The van der Waals surface area contributed by atoms with E-state index in [0.29, 0.717) is 11.4 Å². The molecule has 18 heavy (non-hydrogen) atoms. The fourth-order valence-corrected chi connectivity index (χ4v) is 2.15. The number of nitrogens with zero attached hydrogens (tertiary/aromatic N) is 1. The van der Waals surface area contributed by atoms with E-state index in [-0.39, 0.29) is 12.1 Å². The van der Waals surface area contributed by atoms with E-state index < -0.39 is 0 Å². The average molecular weight is 239 g/mol. The van der Waals surface area contributed by atoms with Gasteiger partial charge in [0.1, 0.15) is 12.0 Å². The molecule has 0 saturated carbocycles. The quantitative estimate of drug-likeness (QED) is 0.802. The number of pyridine rings is 1. The zero-order valence-electron chi connectivity index (χ0n) is 9.97. The topological polar surface area (TPSA) is 54.0 Å². The van der Waals surface area contributed by atoms with E-state index in [0.717, 1.165) is 11.1 Å². The molecule has 4 nitrogen and oxygen atoms in total. The van der Waals surface area contributed by atoms with Crippen LogP contribution in [0.2, 0.25) is 0 Å². The van der Waals surface area contributed by atoms with Gasteiger partial charge in [-0.15, -0.1) is 0 Å². The SMILES string of the molecule is Cc1ccccc1[C@H]1NC(=O)c2cccnc2N1. The maximum absolute atomic E-state index is 12.0. The number of anilines is 1. The first-order valence-electron chi connectivity index (χ1n) is 5.83. The Morgan fingerprint density at radius 1 is 1.11 bits per heavy atom. The summed E-state index contributed by atoms with van der Waals surface area (Å²) in [5, 5.41) is 6.18. The fraction of sp³-hybridized carbons (Fsp3) is 0.143. The standard InChI is InChI=1S/C14H13N3O/c1-9-5-2-3-6-10(9)13-16-12-11(14(18)17-13)7-4-8-15-12/h2-8,13H,1H3,(H,15,16)(H,17,18)/t13-/m1/s1. The number of hydrogen-bond acceptors (Lipinski definition) is 3. The molecule has 0 aliphatic carbocycles. The Hall–Kier alpha value is -2.36. The maximum atomic E-state index is 12.0. The van der Waals surface area contributed by atoms with Gasteiger partial charge in [-0.1, -0.05) is 24.3 Å². The minimum atomic E-state index is -0.221. The van der Waals surface area contributed by atoms with E-state index in [9.17, 15) is 4.79 Å². The van der Waals surface area contributed by atoms with Crippen LogP contribution in [0, 0.1) is 6.92 Å². The number of aryl methyl sites for hydroxylation is 1. The average Bonchev–Trinajstić information content (AvgIpc) is 2.39. The van der Waals surface area contributed by atoms with Gasteiger partial charge in [0.25, 0.3) is 5.91 Å². The third kappa shape index (κ3) is 1.72. The van der Waals surface area contributed by atoms with E-state index >= 15 is 0 Å². The largest absolute Gasteiger partial charge is 0.346 e. The van der Waals surface area contributed by atoms with Crippen molar-refractivity contribution in [2.75, 3.05) is 5.32 Å². The molecule has 2 aromatic rings. The molecule has 0 fully saturated rings. The number of nitrogens with one attached hydrogen (secondary N) is 2. The molecule has 0 unspecified atom stereocenters. The van der Waals surface area contributed by atoms with E-state index in [4.69, 9.17) is 0 Å². The molecule has 1 aliphatic rings. The predicted molar refractivity (Wildman–Crippen MR) is 69.2 cm³/mol. The highest BCUT2D eigenvalue weighted by molar-refractivity contribution is 6.00. The molecular formula is C14H13N3O. The summed E-state index contributed by atoms with van der Waals surface area (Å²) in [5.74, 6) is 0.541. The second-order valence-corrected chi connectivity index (χ2v) is 4.31. The Kier molecular flexibility index (Phi) is 2.48. The first-order chi connectivity index (χ1) is 8.75. The Labute approximate surface area is 105 Å². The van der Waals surface area contributed by atoms with E-state index in [1.807, 2.05) is 31.2 Å². The summed E-state index contributed by atoms with van der Waals surface area (Å²) in [5.41, 5.74) is 2.78. The van der Waals surface area contributed by atoms with Crippen molar-refractivity contribution >= 4 is 11.7 Å². The molecule has 4 heteroatoms. The fourth-order valence-electron chi connectivity index (χ4n) is 2.15. The van der Waals surface area contributed by atoms with Crippen LogP contribution in [0.15, 0.2) is 42.6 Å². The van der Waals surface area contributed by atoms with Crippen molar-refractivity contribution in [1.82, 2.24) is 10.3 Å². The van der Waals surface area contributed by atoms with Gasteiger partial charge in [-0.05, 0) is 30.2 Å². The van der Waals surface area contributed by atoms with Gasteiger partial charge in [-0.2, -0.15) is 0 Å². The zero-order chi connectivity index (χ0) is 12.5. The van der Waals surface area contributed by atoms with Crippen LogP contribution in [0.4, 0.5) is 5.82 Å². The molecule has 1 aliphatic heterocycles. The third-order valence-electron chi connectivity index (χ3n) is 3.11. The van der Waals surface area contributed by atoms with E-state index in [1.165, 1.54) is 0 Å². The molecule has 0 spiro atoms. The molecule has 2 N–H and O–H groups in total. The van der Waals surface area contributed by atoms with Crippen LogP contribution in [-0.4, -0.2) is 10.9 Å². The number of aromatic nitrogens is 1. The van der Waals surface area contributed by atoms with Crippen molar-refractivity contribution in [3.63, 3.8) is 0 Å². The van der Waals surface area contributed by atoms with Crippen molar-refractivity contribution in [3.05, 3.63) is 59.3 Å². The second kappa shape index (κ2) is 4.14. The minimum absolute atomic E-state index is 0.0925. The van der Waals surface area contributed by atoms with E-state index in [1.54, 1.807) is 18.3 Å². The summed E-state index contributed by atoms with van der Waals surface area (Å²) in [4.78, 5) is 16.2. The first kappa shape index (κ1) is 10.8. The van der Waals surface area contributed by atoms with Gasteiger partial charge in [-0.3, -0.25) is 4.79 Å². The Morgan fingerprint density at radius 3 is 2.78 bits per heavy atom. The summed E-state index contributed by atoms with van der Waals surface area (Å²) in [7, 11) is 0. The number of hydrogen-bond donors (Lipinski definition) is 2. The van der Waals surface area contributed by atoms with Crippen molar-refractivity contribution in [1.29, 1.82) is 0 Å². The van der Waals surface area contributed by atoms with Crippen LogP contribution in [0.5, 0.6) is 0 Å². The summed E-state index contributed by atoms with van der Waals surface area (Å²) < 4.78 is 0. The normalized spacial score (nSPS) is 17.6. The van der Waals surface area contributed by atoms with Gasteiger partial charge in [0.15, 0.2) is 0 Å². The molecule has 1 atom stereocenters. The molecule has 0 radical (unpaired) electrons. The molecule has 0 bridgehead atoms. The van der Waals surface area contributed by atoms with Crippen LogP contribution in [-0.2, 0) is 0 Å². The molecule has 0 saturated heterocycles. The monoisotopic (exact) mass is 239 g/mol. The van der Waals surface area contributed by atoms with Gasteiger partial charge in [-0.25, -0.2) is 4.98 Å². The van der Waals surface area contributed by atoms with Crippen LogP contribution < -0.4 is 10.6 Å². The molecule has 1 aromatic heterocycles. The molecule has 3 rings (SSSR count). The highest BCUT2D eigenvalue weighted by Gasteiger charge is 2.25. The minimum Gasteiger partial charge on any atom is -0.346 e. The molecule has 1 amide bonds. The van der Waals surface area contributed by atoms with Crippen molar-refractivity contribution in [2.24, 2.45) is 0 Å². The number of carbonyl (C=O) groups is 1. The molecular weight excluding hydrogens is 226 g/mol. The summed E-state index contributed by atoms with van der Waals surface area (Å²) >= 11 is 0. The number of fused-ring (bicyclic) bond motifs is 1. The number of benzene rings is 1. The second-order valence-electron chi connectivity index (χ2n) is 4.31. The van der Waals surface area contributed by atoms with E-state index in [2.05, 4.69) is 15.6 Å². The Morgan fingerprint density at radius 2 is 1.94 bits per heavy atom. The number of amides is 1. The van der Waals surface area contributed by atoms with Crippen LogP contribution >= 0.6 is 0 Å².